The van der Waals surface area contributed by atoms with E-state index in [2.05, 4.69) is 26.0 Å². The van der Waals surface area contributed by atoms with E-state index in [9.17, 15) is 4.79 Å². The summed E-state index contributed by atoms with van der Waals surface area (Å²) in [5.41, 5.74) is 3.07. The average molecular weight is 256 g/mol. The number of hydrogen-bond donors (Lipinski definition) is 0. The molecule has 1 aromatic carbocycles. The zero-order valence-electron chi connectivity index (χ0n) is 11.8. The zero-order chi connectivity index (χ0) is 13.8. The van der Waals surface area contributed by atoms with Gasteiger partial charge in [0.15, 0.2) is 5.78 Å². The molecule has 0 unspecified atom stereocenters. The maximum absolute atomic E-state index is 12.2. The van der Waals surface area contributed by atoms with Gasteiger partial charge in [-0.1, -0.05) is 45.0 Å². The van der Waals surface area contributed by atoms with Crippen LogP contribution in [0.5, 0.6) is 0 Å². The van der Waals surface area contributed by atoms with Crippen molar-refractivity contribution in [1.82, 2.24) is 0 Å². The van der Waals surface area contributed by atoms with E-state index >= 15 is 0 Å². The number of Topliss-reactive ketones (excluding diaryl/α,β-unsaturated/α-hetero) is 1. The molecule has 0 saturated carbocycles. The lowest BCUT2D eigenvalue weighted by atomic mass is 9.98. The first-order valence-electron chi connectivity index (χ1n) is 6.80. The molecule has 2 rings (SSSR count). The summed E-state index contributed by atoms with van der Waals surface area (Å²) in [4.78, 5) is 12.2. The van der Waals surface area contributed by atoms with Crippen LogP contribution in [0.2, 0.25) is 0 Å². The van der Waals surface area contributed by atoms with E-state index in [4.69, 9.17) is 4.42 Å². The number of aryl methyl sites for hydroxylation is 1. The van der Waals surface area contributed by atoms with E-state index in [0.717, 1.165) is 23.3 Å². The molecule has 100 valence electrons. The largest absolute Gasteiger partial charge is 0.469 e. The lowest BCUT2D eigenvalue weighted by molar-refractivity contribution is 0.0991. The second-order valence-electron chi connectivity index (χ2n) is 5.11. The Morgan fingerprint density at radius 3 is 2.42 bits per heavy atom. The first kappa shape index (κ1) is 13.6. The SMILES string of the molecule is CCc1occc1C(=O)Cc1ccc(C(C)C)cc1. The molecule has 19 heavy (non-hydrogen) atoms. The third-order valence-electron chi connectivity index (χ3n) is 3.38. The maximum atomic E-state index is 12.2. The quantitative estimate of drug-likeness (QED) is 0.743. The topological polar surface area (TPSA) is 30.2 Å². The van der Waals surface area contributed by atoms with Gasteiger partial charge in [-0.3, -0.25) is 4.79 Å². The number of rotatable bonds is 5. The molecule has 2 heteroatoms. The number of furan rings is 1. The number of benzene rings is 1. The predicted octanol–water partition coefficient (Wildman–Crippen LogP) is 4.39. The lowest BCUT2D eigenvalue weighted by Crippen LogP contribution is -2.05. The monoisotopic (exact) mass is 256 g/mol. The fraction of sp³-hybridized carbons (Fsp3) is 0.353. The van der Waals surface area contributed by atoms with Crippen molar-refractivity contribution in [1.29, 1.82) is 0 Å². The predicted molar refractivity (Wildman–Crippen MR) is 76.7 cm³/mol. The summed E-state index contributed by atoms with van der Waals surface area (Å²) in [5.74, 6) is 1.43. The van der Waals surface area contributed by atoms with Crippen molar-refractivity contribution >= 4 is 5.78 Å². The number of carbonyl (C=O) groups excluding carboxylic acids is 1. The Hall–Kier alpha value is -1.83. The number of ketones is 1. The van der Waals surface area contributed by atoms with E-state index in [1.54, 1.807) is 12.3 Å². The Labute approximate surface area is 114 Å². The van der Waals surface area contributed by atoms with Gasteiger partial charge in [0.1, 0.15) is 5.76 Å². The Balaban J connectivity index is 2.11. The van der Waals surface area contributed by atoms with Crippen LogP contribution in [0.25, 0.3) is 0 Å². The number of carbonyl (C=O) groups is 1. The van der Waals surface area contributed by atoms with Crippen molar-refractivity contribution in [2.24, 2.45) is 0 Å². The fourth-order valence-electron chi connectivity index (χ4n) is 2.16. The van der Waals surface area contributed by atoms with E-state index in [-0.39, 0.29) is 5.78 Å². The van der Waals surface area contributed by atoms with Crippen molar-refractivity contribution in [3.8, 4) is 0 Å². The highest BCUT2D eigenvalue weighted by Crippen LogP contribution is 2.17. The van der Waals surface area contributed by atoms with Gasteiger partial charge >= 0.3 is 0 Å². The van der Waals surface area contributed by atoms with E-state index < -0.39 is 0 Å². The van der Waals surface area contributed by atoms with E-state index in [0.29, 0.717) is 12.3 Å². The van der Waals surface area contributed by atoms with Gasteiger partial charge in [0.2, 0.25) is 0 Å². The summed E-state index contributed by atoms with van der Waals surface area (Å²) in [6.45, 7) is 6.32. The normalized spacial score (nSPS) is 10.9. The van der Waals surface area contributed by atoms with Crippen molar-refractivity contribution in [3.05, 3.63) is 59.0 Å². The summed E-state index contributed by atoms with van der Waals surface area (Å²) in [6.07, 6.45) is 2.78. The van der Waals surface area contributed by atoms with Crippen molar-refractivity contribution < 1.29 is 9.21 Å². The molecule has 0 amide bonds. The zero-order valence-corrected chi connectivity index (χ0v) is 11.8. The summed E-state index contributed by atoms with van der Waals surface area (Å²) >= 11 is 0. The van der Waals surface area contributed by atoms with Crippen LogP contribution in [0, 0.1) is 0 Å². The molecule has 0 aliphatic rings. The highest BCUT2D eigenvalue weighted by atomic mass is 16.3. The van der Waals surface area contributed by atoms with Crippen LogP contribution in [0.4, 0.5) is 0 Å². The van der Waals surface area contributed by atoms with Gasteiger partial charge in [0, 0.05) is 12.8 Å². The minimum Gasteiger partial charge on any atom is -0.469 e. The summed E-state index contributed by atoms with van der Waals surface area (Å²) < 4.78 is 5.30. The van der Waals surface area contributed by atoms with E-state index in [1.165, 1.54) is 5.56 Å². The second kappa shape index (κ2) is 5.87. The lowest BCUT2D eigenvalue weighted by Gasteiger charge is -2.06. The molecule has 0 aliphatic heterocycles. The first-order valence-corrected chi connectivity index (χ1v) is 6.80. The standard InChI is InChI=1S/C17H20O2/c1-4-17-15(9-10-19-17)16(18)11-13-5-7-14(8-6-13)12(2)3/h5-10,12H,4,11H2,1-3H3. The highest BCUT2D eigenvalue weighted by Gasteiger charge is 2.13. The van der Waals surface area contributed by atoms with Crippen LogP contribution < -0.4 is 0 Å². The minimum absolute atomic E-state index is 0.128. The summed E-state index contributed by atoms with van der Waals surface area (Å²) in [6, 6.07) is 10.0. The Bertz CT molecular complexity index is 547. The van der Waals surface area contributed by atoms with Gasteiger partial charge in [-0.05, 0) is 23.1 Å². The minimum atomic E-state index is 0.128. The third-order valence-corrected chi connectivity index (χ3v) is 3.38. The third kappa shape index (κ3) is 3.14. The highest BCUT2D eigenvalue weighted by molar-refractivity contribution is 5.98. The number of hydrogen-bond acceptors (Lipinski definition) is 2. The molecular weight excluding hydrogens is 236 g/mol. The molecular formula is C17H20O2. The van der Waals surface area contributed by atoms with Gasteiger partial charge in [-0.25, -0.2) is 0 Å². The first-order chi connectivity index (χ1) is 9.11. The molecule has 0 saturated heterocycles. The summed E-state index contributed by atoms with van der Waals surface area (Å²) in [7, 11) is 0. The van der Waals surface area contributed by atoms with Gasteiger partial charge < -0.3 is 4.42 Å². The molecule has 0 radical (unpaired) electrons. The van der Waals surface area contributed by atoms with Crippen LogP contribution in [0.1, 0.15) is 53.9 Å². The molecule has 0 spiro atoms. The fourth-order valence-corrected chi connectivity index (χ4v) is 2.16. The molecule has 1 aromatic heterocycles. The Morgan fingerprint density at radius 1 is 1.16 bits per heavy atom. The smallest absolute Gasteiger partial charge is 0.170 e. The Morgan fingerprint density at radius 2 is 1.84 bits per heavy atom. The van der Waals surface area contributed by atoms with Crippen LogP contribution >= 0.6 is 0 Å². The van der Waals surface area contributed by atoms with Gasteiger partial charge in [0.05, 0.1) is 11.8 Å². The molecule has 0 atom stereocenters. The second-order valence-corrected chi connectivity index (χ2v) is 5.11. The molecule has 1 heterocycles. The average Bonchev–Trinajstić information content (AvgIpc) is 2.87. The molecule has 0 bridgehead atoms. The van der Waals surface area contributed by atoms with Gasteiger partial charge in [-0.15, -0.1) is 0 Å². The molecule has 0 fully saturated rings. The van der Waals surface area contributed by atoms with Gasteiger partial charge in [-0.2, -0.15) is 0 Å². The molecule has 2 aromatic rings. The Kier molecular flexibility index (Phi) is 4.20. The van der Waals surface area contributed by atoms with Crippen LogP contribution in [0.15, 0.2) is 41.0 Å². The van der Waals surface area contributed by atoms with E-state index in [1.807, 2.05) is 19.1 Å². The van der Waals surface area contributed by atoms with Crippen LogP contribution in [-0.4, -0.2) is 5.78 Å². The molecule has 0 aliphatic carbocycles. The van der Waals surface area contributed by atoms with Gasteiger partial charge in [0.25, 0.3) is 0 Å². The molecule has 2 nitrogen and oxygen atoms in total. The van der Waals surface area contributed by atoms with Crippen molar-refractivity contribution in [2.75, 3.05) is 0 Å². The summed E-state index contributed by atoms with van der Waals surface area (Å²) in [5, 5.41) is 0. The van der Waals surface area contributed by atoms with Crippen LogP contribution in [-0.2, 0) is 12.8 Å². The van der Waals surface area contributed by atoms with Crippen molar-refractivity contribution in [3.63, 3.8) is 0 Å². The molecule has 0 N–H and O–H groups in total. The maximum Gasteiger partial charge on any atom is 0.170 e. The van der Waals surface area contributed by atoms with Crippen molar-refractivity contribution in [2.45, 2.75) is 39.5 Å². The van der Waals surface area contributed by atoms with Crippen LogP contribution in [0.3, 0.4) is 0 Å².